The number of nitrogens with zero attached hydrogens (tertiary/aromatic N) is 1. The van der Waals surface area contributed by atoms with E-state index in [1.54, 1.807) is 0 Å². The Morgan fingerprint density at radius 3 is 2.44 bits per heavy atom. The lowest BCUT2D eigenvalue weighted by molar-refractivity contribution is -0.130. The smallest absolute Gasteiger partial charge is 0.223 e. The monoisotopic (exact) mass is 246 g/mol. The highest BCUT2D eigenvalue weighted by molar-refractivity contribution is 7.99. The van der Waals surface area contributed by atoms with Crippen LogP contribution in [0.25, 0.3) is 0 Å². The minimum absolute atomic E-state index is 0.264. The van der Waals surface area contributed by atoms with E-state index in [4.69, 9.17) is 0 Å². The molecule has 0 saturated carbocycles. The van der Waals surface area contributed by atoms with Crippen molar-refractivity contribution >= 4 is 17.7 Å². The number of carbonyl (C=O) groups excluding carboxylic acids is 1. The van der Waals surface area contributed by atoms with E-state index in [0.717, 1.165) is 26.2 Å². The summed E-state index contributed by atoms with van der Waals surface area (Å²) in [6.07, 6.45) is 1.82. The molecule has 0 aromatic heterocycles. The average Bonchev–Trinajstić information content (AvgIpc) is 2.29. The second-order valence-corrected chi connectivity index (χ2v) is 5.01. The fourth-order valence-corrected chi connectivity index (χ4v) is 2.14. The maximum atomic E-state index is 11.6. The minimum atomic E-state index is 0.264. The van der Waals surface area contributed by atoms with Crippen LogP contribution in [0.2, 0.25) is 0 Å². The highest BCUT2D eigenvalue weighted by Crippen LogP contribution is 1.99. The Balaban J connectivity index is 3.33. The Morgan fingerprint density at radius 2 is 1.88 bits per heavy atom. The quantitative estimate of drug-likeness (QED) is 0.598. The van der Waals surface area contributed by atoms with Crippen LogP contribution in [0.3, 0.4) is 0 Å². The van der Waals surface area contributed by atoms with E-state index in [1.165, 1.54) is 17.9 Å². The van der Waals surface area contributed by atoms with Crippen molar-refractivity contribution in [2.75, 3.05) is 37.7 Å². The number of amides is 1. The molecule has 0 aromatic carbocycles. The molecular weight excluding hydrogens is 220 g/mol. The van der Waals surface area contributed by atoms with Gasteiger partial charge in [-0.3, -0.25) is 4.79 Å². The van der Waals surface area contributed by atoms with E-state index in [9.17, 15) is 4.79 Å². The summed E-state index contributed by atoms with van der Waals surface area (Å²) in [7, 11) is 0. The predicted octanol–water partition coefficient (Wildman–Crippen LogP) is 1.98. The summed E-state index contributed by atoms with van der Waals surface area (Å²) in [5, 5.41) is 3.32. The van der Waals surface area contributed by atoms with Crippen LogP contribution in [0.5, 0.6) is 0 Å². The molecule has 0 aromatic rings. The van der Waals surface area contributed by atoms with Crippen LogP contribution in [0.4, 0.5) is 0 Å². The topological polar surface area (TPSA) is 32.3 Å². The Morgan fingerprint density at radius 1 is 1.19 bits per heavy atom. The third kappa shape index (κ3) is 7.99. The molecule has 4 heteroatoms. The van der Waals surface area contributed by atoms with E-state index < -0.39 is 0 Å². The van der Waals surface area contributed by atoms with Crippen LogP contribution in [-0.2, 0) is 4.79 Å². The molecular formula is C12H26N2OS. The molecule has 0 aliphatic carbocycles. The van der Waals surface area contributed by atoms with Crippen molar-refractivity contribution in [1.29, 1.82) is 0 Å². The van der Waals surface area contributed by atoms with Gasteiger partial charge in [-0.15, -0.1) is 0 Å². The number of hydrogen-bond acceptors (Lipinski definition) is 3. The molecule has 0 aliphatic rings. The molecule has 0 bridgehead atoms. The van der Waals surface area contributed by atoms with Gasteiger partial charge in [0.1, 0.15) is 0 Å². The summed E-state index contributed by atoms with van der Waals surface area (Å²) in [5.74, 6) is 2.67. The van der Waals surface area contributed by atoms with Crippen LogP contribution in [-0.4, -0.2) is 48.5 Å². The summed E-state index contributed by atoms with van der Waals surface area (Å²) in [6.45, 7) is 9.71. The lowest BCUT2D eigenvalue weighted by Gasteiger charge is -2.18. The lowest BCUT2D eigenvalue weighted by Crippen LogP contribution is -2.33. The molecule has 0 aliphatic heterocycles. The van der Waals surface area contributed by atoms with Crippen molar-refractivity contribution in [3.63, 3.8) is 0 Å². The second-order valence-electron chi connectivity index (χ2n) is 3.62. The third-order valence-corrected chi connectivity index (χ3v) is 3.46. The van der Waals surface area contributed by atoms with E-state index >= 15 is 0 Å². The number of rotatable bonds is 10. The Hall–Kier alpha value is -0.220. The van der Waals surface area contributed by atoms with Crippen LogP contribution in [0.1, 0.15) is 33.6 Å². The summed E-state index contributed by atoms with van der Waals surface area (Å²) >= 11 is 1.97. The first-order valence-electron chi connectivity index (χ1n) is 6.32. The molecule has 0 radical (unpaired) electrons. The van der Waals surface area contributed by atoms with Gasteiger partial charge in [0.25, 0.3) is 0 Å². The van der Waals surface area contributed by atoms with Crippen molar-refractivity contribution in [1.82, 2.24) is 10.2 Å². The Kier molecular flexibility index (Phi) is 11.1. The fraction of sp³-hybridized carbons (Fsp3) is 0.917. The molecule has 0 unspecified atom stereocenters. The lowest BCUT2D eigenvalue weighted by atomic mass is 10.3. The standard InChI is InChI=1S/C12H26N2OS/c1-4-14(5-2)12(15)8-10-13-9-7-11-16-6-3/h13H,4-11H2,1-3H3. The number of hydrogen-bond donors (Lipinski definition) is 1. The maximum Gasteiger partial charge on any atom is 0.223 e. The SMILES string of the molecule is CCSCCCNCCC(=O)N(CC)CC. The second kappa shape index (κ2) is 11.3. The van der Waals surface area contributed by atoms with Crippen LogP contribution >= 0.6 is 11.8 Å². The van der Waals surface area contributed by atoms with E-state index in [2.05, 4.69) is 12.2 Å². The zero-order chi connectivity index (χ0) is 12.2. The van der Waals surface area contributed by atoms with Gasteiger partial charge in [-0.1, -0.05) is 6.92 Å². The van der Waals surface area contributed by atoms with Crippen LogP contribution in [0, 0.1) is 0 Å². The molecule has 3 nitrogen and oxygen atoms in total. The van der Waals surface area contributed by atoms with Crippen molar-refractivity contribution < 1.29 is 4.79 Å². The molecule has 1 N–H and O–H groups in total. The molecule has 0 atom stereocenters. The Labute approximate surface area is 104 Å². The van der Waals surface area contributed by atoms with Crippen LogP contribution < -0.4 is 5.32 Å². The molecule has 1 amide bonds. The molecule has 0 rings (SSSR count). The zero-order valence-corrected chi connectivity index (χ0v) is 11.7. The predicted molar refractivity (Wildman–Crippen MR) is 73.0 cm³/mol. The largest absolute Gasteiger partial charge is 0.343 e. The van der Waals surface area contributed by atoms with E-state index in [1.807, 2.05) is 30.5 Å². The van der Waals surface area contributed by atoms with Gasteiger partial charge < -0.3 is 10.2 Å². The van der Waals surface area contributed by atoms with Crippen LogP contribution in [0.15, 0.2) is 0 Å². The molecule has 0 heterocycles. The molecule has 96 valence electrons. The first kappa shape index (κ1) is 15.8. The van der Waals surface area contributed by atoms with Gasteiger partial charge >= 0.3 is 0 Å². The molecule has 16 heavy (non-hydrogen) atoms. The molecule has 0 fully saturated rings. The third-order valence-electron chi connectivity index (χ3n) is 2.48. The van der Waals surface area contributed by atoms with Crippen molar-refractivity contribution in [3.05, 3.63) is 0 Å². The first-order chi connectivity index (χ1) is 7.76. The fourth-order valence-electron chi connectivity index (χ4n) is 1.50. The summed E-state index contributed by atoms with van der Waals surface area (Å²) in [4.78, 5) is 13.5. The van der Waals surface area contributed by atoms with E-state index in [0.29, 0.717) is 6.42 Å². The van der Waals surface area contributed by atoms with Gasteiger partial charge in [0.15, 0.2) is 0 Å². The Bertz CT molecular complexity index is 172. The highest BCUT2D eigenvalue weighted by Gasteiger charge is 2.07. The van der Waals surface area contributed by atoms with Gasteiger partial charge in [0, 0.05) is 26.1 Å². The van der Waals surface area contributed by atoms with E-state index in [-0.39, 0.29) is 5.91 Å². The van der Waals surface area contributed by atoms with Crippen molar-refractivity contribution in [2.45, 2.75) is 33.6 Å². The summed E-state index contributed by atoms with van der Waals surface area (Å²) in [5.41, 5.74) is 0. The first-order valence-corrected chi connectivity index (χ1v) is 7.47. The average molecular weight is 246 g/mol. The van der Waals surface area contributed by atoms with Crippen molar-refractivity contribution in [3.8, 4) is 0 Å². The number of carbonyl (C=O) groups is 1. The van der Waals surface area contributed by atoms with Crippen molar-refractivity contribution in [2.24, 2.45) is 0 Å². The van der Waals surface area contributed by atoms with Gasteiger partial charge in [0.05, 0.1) is 0 Å². The van der Waals surface area contributed by atoms with Gasteiger partial charge in [0.2, 0.25) is 5.91 Å². The minimum Gasteiger partial charge on any atom is -0.343 e. The van der Waals surface area contributed by atoms with Gasteiger partial charge in [-0.2, -0.15) is 11.8 Å². The normalized spacial score (nSPS) is 10.4. The number of thioether (sulfide) groups is 1. The summed E-state index contributed by atoms with van der Waals surface area (Å²) in [6, 6.07) is 0. The van der Waals surface area contributed by atoms with Gasteiger partial charge in [-0.05, 0) is 38.3 Å². The summed E-state index contributed by atoms with van der Waals surface area (Å²) < 4.78 is 0. The van der Waals surface area contributed by atoms with Gasteiger partial charge in [-0.25, -0.2) is 0 Å². The molecule has 0 saturated heterocycles. The maximum absolute atomic E-state index is 11.6. The highest BCUT2D eigenvalue weighted by atomic mass is 32.2. The molecule has 0 spiro atoms. The zero-order valence-electron chi connectivity index (χ0n) is 10.9. The number of nitrogens with one attached hydrogen (secondary N) is 1.